The van der Waals surface area contributed by atoms with E-state index < -0.39 is 24.3 Å². The largest absolute Gasteiger partial charge is 0.393 e. The van der Waals surface area contributed by atoms with Crippen molar-refractivity contribution in [2.75, 3.05) is 19.3 Å². The summed E-state index contributed by atoms with van der Waals surface area (Å²) in [7, 11) is 1.67. The van der Waals surface area contributed by atoms with E-state index in [1.54, 1.807) is 14.0 Å². The van der Waals surface area contributed by atoms with Gasteiger partial charge in [0.25, 0.3) is 5.91 Å². The van der Waals surface area contributed by atoms with Crippen LogP contribution in [0, 0.1) is 0 Å². The van der Waals surface area contributed by atoms with Crippen LogP contribution in [0.15, 0.2) is 4.99 Å². The van der Waals surface area contributed by atoms with Crippen molar-refractivity contribution in [3.8, 4) is 0 Å². The van der Waals surface area contributed by atoms with E-state index in [4.69, 9.17) is 0 Å². The number of urea groups is 1. The molecule has 2 aliphatic heterocycles. The van der Waals surface area contributed by atoms with Gasteiger partial charge < -0.3 is 14.9 Å². The summed E-state index contributed by atoms with van der Waals surface area (Å²) in [6.07, 6.45) is 11.7. The molecule has 8 heteroatoms. The van der Waals surface area contributed by atoms with Crippen LogP contribution in [0.3, 0.4) is 0 Å². The minimum atomic E-state index is -0.476. The third-order valence-electron chi connectivity index (χ3n) is 5.53. The summed E-state index contributed by atoms with van der Waals surface area (Å²) in [6, 6.07) is -0.867. The number of nitrogens with zero attached hydrogens (tertiary/aromatic N) is 3. The van der Waals surface area contributed by atoms with Gasteiger partial charge in [0.15, 0.2) is 17.4 Å². The van der Waals surface area contributed by atoms with Crippen molar-refractivity contribution in [1.82, 2.24) is 15.1 Å². The lowest BCUT2D eigenvalue weighted by atomic mass is 10.1. The van der Waals surface area contributed by atoms with Crippen molar-refractivity contribution in [2.24, 2.45) is 4.99 Å². The van der Waals surface area contributed by atoms with E-state index in [0.29, 0.717) is 5.75 Å². The SMILES string of the molecule is CCCCCCCCCCCCN1C(SCC(C)O)=NC2C1C(=O)NC(=O)N2C. The summed E-state index contributed by atoms with van der Waals surface area (Å²) in [5.74, 6) is 0.244. The van der Waals surface area contributed by atoms with Crippen molar-refractivity contribution in [3.05, 3.63) is 0 Å². The van der Waals surface area contributed by atoms with E-state index in [-0.39, 0.29) is 5.91 Å². The summed E-state index contributed by atoms with van der Waals surface area (Å²) in [5, 5.41) is 12.8. The molecule has 0 aromatic heterocycles. The summed E-state index contributed by atoms with van der Waals surface area (Å²) in [4.78, 5) is 32.6. The minimum Gasteiger partial charge on any atom is -0.393 e. The standard InChI is InChI=1S/C21H38N4O3S/c1-4-5-6-7-8-9-10-11-12-13-14-25-17-18(22-21(25)29-15-16(2)26)24(3)20(28)23-19(17)27/h16-18,26H,4-15H2,1-3H3,(H,23,27,28). The number of unbranched alkanes of at least 4 members (excludes halogenated alkanes) is 9. The molecule has 0 radical (unpaired) electrons. The Morgan fingerprint density at radius 2 is 1.66 bits per heavy atom. The summed E-state index contributed by atoms with van der Waals surface area (Å²) >= 11 is 1.46. The number of aliphatic hydroxyl groups is 1. The Kier molecular flexibility index (Phi) is 10.3. The lowest BCUT2D eigenvalue weighted by molar-refractivity contribution is -0.127. The first kappa shape index (κ1) is 24.0. The molecule has 0 aromatic rings. The number of hydrogen-bond donors (Lipinski definition) is 2. The number of fused-ring (bicyclic) bond motifs is 1. The van der Waals surface area contributed by atoms with E-state index in [9.17, 15) is 14.7 Å². The van der Waals surface area contributed by atoms with Gasteiger partial charge in [-0.2, -0.15) is 0 Å². The number of imide groups is 1. The Bertz CT molecular complexity index is 570. The molecule has 0 aromatic carbocycles. The van der Waals surface area contributed by atoms with Gasteiger partial charge in [0.2, 0.25) is 0 Å². The molecule has 3 atom stereocenters. The van der Waals surface area contributed by atoms with Crippen LogP contribution >= 0.6 is 11.8 Å². The van der Waals surface area contributed by atoms with E-state index in [1.807, 2.05) is 4.90 Å². The van der Waals surface area contributed by atoms with Crippen LogP contribution in [-0.4, -0.2) is 69.7 Å². The van der Waals surface area contributed by atoms with Gasteiger partial charge in [0.05, 0.1) is 6.10 Å². The molecule has 0 spiro atoms. The molecular weight excluding hydrogens is 388 g/mol. The number of carbonyl (C=O) groups excluding carboxylic acids is 2. The van der Waals surface area contributed by atoms with Gasteiger partial charge in [-0.1, -0.05) is 76.5 Å². The lowest BCUT2D eigenvalue weighted by Crippen LogP contribution is -2.63. The van der Waals surface area contributed by atoms with Gasteiger partial charge >= 0.3 is 6.03 Å². The summed E-state index contributed by atoms with van der Waals surface area (Å²) in [5.41, 5.74) is 0. The first-order valence-corrected chi connectivity index (χ1v) is 12.2. The van der Waals surface area contributed by atoms with Crippen LogP contribution in [0.1, 0.15) is 78.1 Å². The highest BCUT2D eigenvalue weighted by molar-refractivity contribution is 8.13. The van der Waals surface area contributed by atoms with Gasteiger partial charge in [-0.3, -0.25) is 10.1 Å². The fraction of sp³-hybridized carbons (Fsp3) is 0.857. The molecule has 2 N–H and O–H groups in total. The number of amides is 3. The quantitative estimate of drug-likeness (QED) is 0.440. The maximum atomic E-state index is 12.5. The lowest BCUT2D eigenvalue weighted by Gasteiger charge is -2.36. The molecule has 0 saturated carbocycles. The van der Waals surface area contributed by atoms with Gasteiger partial charge in [-0.25, -0.2) is 9.79 Å². The second kappa shape index (κ2) is 12.4. The number of aliphatic imine (C=N–C) groups is 1. The summed E-state index contributed by atoms with van der Waals surface area (Å²) < 4.78 is 0. The Morgan fingerprint density at radius 3 is 2.24 bits per heavy atom. The van der Waals surface area contributed by atoms with Crippen molar-refractivity contribution >= 4 is 28.9 Å². The molecule has 1 fully saturated rings. The van der Waals surface area contributed by atoms with Crippen LogP contribution in [0.2, 0.25) is 0 Å². The Balaban J connectivity index is 1.79. The third-order valence-corrected chi connectivity index (χ3v) is 6.78. The van der Waals surface area contributed by atoms with Gasteiger partial charge in [-0.15, -0.1) is 0 Å². The number of likely N-dealkylation sites (N-methyl/N-ethyl adjacent to an activating group) is 1. The zero-order chi connectivity index (χ0) is 21.2. The van der Waals surface area contributed by atoms with Crippen molar-refractivity contribution in [2.45, 2.75) is 96.4 Å². The van der Waals surface area contributed by atoms with E-state index in [1.165, 1.54) is 68.0 Å². The molecule has 3 amide bonds. The maximum Gasteiger partial charge on any atom is 0.325 e. The molecule has 2 rings (SSSR count). The average Bonchev–Trinajstić information content (AvgIpc) is 3.05. The molecule has 7 nitrogen and oxygen atoms in total. The second-order valence-electron chi connectivity index (χ2n) is 8.21. The second-order valence-corrected chi connectivity index (χ2v) is 9.20. The molecule has 2 heterocycles. The zero-order valence-electron chi connectivity index (χ0n) is 18.2. The fourth-order valence-electron chi connectivity index (χ4n) is 3.82. The van der Waals surface area contributed by atoms with E-state index >= 15 is 0 Å². The van der Waals surface area contributed by atoms with Gasteiger partial charge in [0, 0.05) is 19.3 Å². The molecular formula is C21H38N4O3S. The average molecular weight is 427 g/mol. The molecule has 2 aliphatic rings. The third kappa shape index (κ3) is 7.17. The van der Waals surface area contributed by atoms with E-state index in [0.717, 1.165) is 24.6 Å². The summed E-state index contributed by atoms with van der Waals surface area (Å²) in [6.45, 7) is 4.73. The molecule has 3 unspecified atom stereocenters. The van der Waals surface area contributed by atoms with E-state index in [2.05, 4.69) is 17.2 Å². The van der Waals surface area contributed by atoms with Gasteiger partial charge in [-0.05, 0) is 13.3 Å². The molecule has 0 bridgehead atoms. The maximum absolute atomic E-state index is 12.5. The van der Waals surface area contributed by atoms with Crippen molar-refractivity contribution in [3.63, 3.8) is 0 Å². The monoisotopic (exact) mass is 426 g/mol. The number of nitrogens with one attached hydrogen (secondary N) is 1. The van der Waals surface area contributed by atoms with Gasteiger partial charge in [0.1, 0.15) is 0 Å². The van der Waals surface area contributed by atoms with Crippen LogP contribution < -0.4 is 5.32 Å². The highest BCUT2D eigenvalue weighted by Gasteiger charge is 2.48. The Hall–Kier alpha value is -1.28. The number of rotatable bonds is 13. The molecule has 1 saturated heterocycles. The number of aliphatic hydroxyl groups excluding tert-OH is 1. The smallest absolute Gasteiger partial charge is 0.325 e. The highest BCUT2D eigenvalue weighted by atomic mass is 32.2. The first-order chi connectivity index (χ1) is 14.0. The molecule has 29 heavy (non-hydrogen) atoms. The first-order valence-electron chi connectivity index (χ1n) is 11.2. The van der Waals surface area contributed by atoms with Crippen molar-refractivity contribution in [1.29, 1.82) is 0 Å². The van der Waals surface area contributed by atoms with Crippen LogP contribution in [0.25, 0.3) is 0 Å². The predicted octanol–water partition coefficient (Wildman–Crippen LogP) is 3.57. The molecule has 0 aliphatic carbocycles. The Labute approximate surface area is 179 Å². The predicted molar refractivity (Wildman–Crippen MR) is 119 cm³/mol. The number of carbonyl (C=O) groups is 2. The Morgan fingerprint density at radius 1 is 1.07 bits per heavy atom. The van der Waals surface area contributed by atoms with Crippen molar-refractivity contribution < 1.29 is 14.7 Å². The number of amidine groups is 1. The van der Waals surface area contributed by atoms with Crippen LogP contribution in [0.5, 0.6) is 0 Å². The topological polar surface area (TPSA) is 85.2 Å². The molecule has 166 valence electrons. The minimum absolute atomic E-state index is 0.276. The van der Waals surface area contributed by atoms with Crippen LogP contribution in [-0.2, 0) is 4.79 Å². The fourth-order valence-corrected chi connectivity index (χ4v) is 4.76. The zero-order valence-corrected chi connectivity index (χ0v) is 19.0. The van der Waals surface area contributed by atoms with Crippen LogP contribution in [0.4, 0.5) is 4.79 Å². The number of hydrogen-bond acceptors (Lipinski definition) is 6. The number of thioether (sulfide) groups is 1. The highest BCUT2D eigenvalue weighted by Crippen LogP contribution is 2.29. The normalized spacial score (nSPS) is 22.6.